The number of ether oxygens (including phenoxy) is 1. The molecule has 1 unspecified atom stereocenters. The number of aliphatic hydroxyl groups is 1. The monoisotopic (exact) mass is 754 g/mol. The van der Waals surface area contributed by atoms with Gasteiger partial charge >= 0.3 is 12.4 Å². The van der Waals surface area contributed by atoms with E-state index in [1.165, 1.54) is 19.2 Å². The summed E-state index contributed by atoms with van der Waals surface area (Å²) < 4.78 is 100.0. The molecule has 4 N–H and O–H groups in total. The second-order valence-electron chi connectivity index (χ2n) is 12.8. The minimum absolute atomic E-state index is 0.0282. The number of anilines is 3. The average molecular weight is 755 g/mol. The van der Waals surface area contributed by atoms with Crippen LogP contribution in [-0.2, 0) is 17.1 Å². The molecule has 1 aromatic heterocycles. The van der Waals surface area contributed by atoms with Crippen LogP contribution in [-0.4, -0.2) is 55.2 Å². The predicted octanol–water partition coefficient (Wildman–Crippen LogP) is 7.69. The number of hydrogen-bond acceptors (Lipinski definition) is 7. The van der Waals surface area contributed by atoms with Gasteiger partial charge in [-0.25, -0.2) is 4.39 Å². The lowest BCUT2D eigenvalue weighted by Crippen LogP contribution is -2.46. The highest BCUT2D eigenvalue weighted by Crippen LogP contribution is 2.41. The van der Waals surface area contributed by atoms with Crippen molar-refractivity contribution >= 4 is 56.2 Å². The molecule has 1 atom stereocenters. The topological polar surface area (TPSA) is 120 Å². The van der Waals surface area contributed by atoms with E-state index in [9.17, 15) is 50.2 Å². The molecule has 1 aliphatic heterocycles. The fraction of sp³-hybridized carbons (Fsp3) is 0.343. The minimum Gasteiger partial charge on any atom is -0.496 e. The maximum absolute atomic E-state index is 13.9. The van der Waals surface area contributed by atoms with Crippen LogP contribution in [0.3, 0.4) is 0 Å². The van der Waals surface area contributed by atoms with Crippen LogP contribution in [0.2, 0.25) is 0 Å². The summed E-state index contributed by atoms with van der Waals surface area (Å²) in [4.78, 5) is 41.8. The van der Waals surface area contributed by atoms with E-state index in [0.717, 1.165) is 24.3 Å². The smallest absolute Gasteiger partial charge is 0.419 e. The molecule has 1 fully saturated rings. The van der Waals surface area contributed by atoms with Gasteiger partial charge in [0.1, 0.15) is 16.4 Å². The number of amides is 3. The summed E-state index contributed by atoms with van der Waals surface area (Å²) in [6.45, 7) is 4.03. The van der Waals surface area contributed by atoms with Crippen molar-refractivity contribution < 1.29 is 55.0 Å². The molecule has 1 aliphatic rings. The number of alkyl halides is 6. The zero-order valence-corrected chi connectivity index (χ0v) is 28.7. The van der Waals surface area contributed by atoms with Crippen molar-refractivity contribution in [1.29, 1.82) is 0 Å². The van der Waals surface area contributed by atoms with Gasteiger partial charge < -0.3 is 30.7 Å². The number of hydrogen-bond donors (Lipinski definition) is 4. The molecule has 1 saturated heterocycles. The van der Waals surface area contributed by atoms with Crippen LogP contribution in [0.15, 0.2) is 54.6 Å². The summed E-state index contributed by atoms with van der Waals surface area (Å²) in [6, 6.07) is 9.06. The number of carbonyl (C=O) groups is 3. The molecular weight excluding hydrogens is 721 g/mol. The fourth-order valence-electron chi connectivity index (χ4n) is 5.69. The number of fused-ring (bicyclic) bond motifs is 1. The standard InChI is InChI=1S/C35H33F7N4O5S/c1-33(2,50)17-43-30(47)18-5-4-12-46(16-18)21-8-11-26(51-3)23(15-21)31(48)45-28-22-9-6-19(34(37,38)39)13-27(22)52-29(28)32(49)44-20-7-10-25(36)24(14-20)35(40,41)42/h6-11,13-15,18,50H,4-5,12,16-17H2,1-3H3,(H,43,47)(H,44,49)(H,45,48). The molecule has 0 bridgehead atoms. The van der Waals surface area contributed by atoms with Crippen molar-refractivity contribution in [3.05, 3.63) is 82.0 Å². The summed E-state index contributed by atoms with van der Waals surface area (Å²) in [6.07, 6.45) is -8.59. The van der Waals surface area contributed by atoms with Gasteiger partial charge in [0.2, 0.25) is 5.91 Å². The average Bonchev–Trinajstić information content (AvgIpc) is 3.44. The van der Waals surface area contributed by atoms with E-state index < -0.39 is 58.3 Å². The van der Waals surface area contributed by atoms with Crippen molar-refractivity contribution in [1.82, 2.24) is 5.32 Å². The normalized spacial score (nSPS) is 15.4. The summed E-state index contributed by atoms with van der Waals surface area (Å²) in [5.41, 5.74) is -3.94. The van der Waals surface area contributed by atoms with Crippen LogP contribution < -0.4 is 25.6 Å². The van der Waals surface area contributed by atoms with Crippen LogP contribution in [0.4, 0.5) is 47.8 Å². The first kappa shape index (κ1) is 38.3. The Morgan fingerprint density at radius 3 is 2.33 bits per heavy atom. The molecule has 2 heterocycles. The number of piperidine rings is 1. The summed E-state index contributed by atoms with van der Waals surface area (Å²) in [7, 11) is 1.31. The second kappa shape index (κ2) is 14.6. The second-order valence-corrected chi connectivity index (χ2v) is 13.9. The summed E-state index contributed by atoms with van der Waals surface area (Å²) in [5, 5.41) is 17.6. The first-order valence-corrected chi connectivity index (χ1v) is 16.6. The van der Waals surface area contributed by atoms with Gasteiger partial charge in [-0.1, -0.05) is 6.07 Å². The van der Waals surface area contributed by atoms with Crippen molar-refractivity contribution in [3.8, 4) is 5.75 Å². The van der Waals surface area contributed by atoms with E-state index in [-0.39, 0.29) is 44.4 Å². The molecule has 0 saturated carbocycles. The maximum Gasteiger partial charge on any atom is 0.419 e. The Balaban J connectivity index is 1.47. The summed E-state index contributed by atoms with van der Waals surface area (Å²) in [5.74, 6) is -4.03. The molecule has 52 heavy (non-hydrogen) atoms. The van der Waals surface area contributed by atoms with Gasteiger partial charge in [-0.05, 0) is 75.2 Å². The highest BCUT2D eigenvalue weighted by atomic mass is 32.1. The van der Waals surface area contributed by atoms with Crippen LogP contribution in [0, 0.1) is 11.7 Å². The Bertz CT molecular complexity index is 2010. The number of nitrogens with one attached hydrogen (secondary N) is 3. The third-order valence-electron chi connectivity index (χ3n) is 8.27. The number of halogens is 7. The molecule has 3 amide bonds. The first-order chi connectivity index (χ1) is 24.2. The number of rotatable bonds is 9. The van der Waals surface area contributed by atoms with Gasteiger partial charge in [-0.15, -0.1) is 11.3 Å². The molecule has 17 heteroatoms. The maximum atomic E-state index is 13.9. The Morgan fingerprint density at radius 1 is 0.942 bits per heavy atom. The Hall–Kier alpha value is -4.90. The Morgan fingerprint density at radius 2 is 1.67 bits per heavy atom. The lowest BCUT2D eigenvalue weighted by molar-refractivity contribution is -0.140. The van der Waals surface area contributed by atoms with E-state index in [4.69, 9.17) is 4.74 Å². The van der Waals surface area contributed by atoms with Crippen molar-refractivity contribution in [3.63, 3.8) is 0 Å². The van der Waals surface area contributed by atoms with Gasteiger partial charge in [0, 0.05) is 41.1 Å². The lowest BCUT2D eigenvalue weighted by atomic mass is 9.96. The number of nitrogens with zero attached hydrogens (tertiary/aromatic N) is 1. The summed E-state index contributed by atoms with van der Waals surface area (Å²) >= 11 is 0.560. The quantitative estimate of drug-likeness (QED) is 0.130. The molecule has 0 spiro atoms. The van der Waals surface area contributed by atoms with E-state index >= 15 is 0 Å². The van der Waals surface area contributed by atoms with Crippen LogP contribution in [0.1, 0.15) is 57.8 Å². The largest absolute Gasteiger partial charge is 0.496 e. The third kappa shape index (κ3) is 8.75. The molecular formula is C35H33F7N4O5S. The zero-order valence-electron chi connectivity index (χ0n) is 27.9. The Labute approximate surface area is 296 Å². The molecule has 9 nitrogen and oxygen atoms in total. The first-order valence-electron chi connectivity index (χ1n) is 15.8. The van der Waals surface area contributed by atoms with Crippen LogP contribution >= 0.6 is 11.3 Å². The number of thiophene rings is 1. The van der Waals surface area contributed by atoms with Gasteiger partial charge in [0.15, 0.2) is 0 Å². The number of carbonyl (C=O) groups excluding carboxylic acids is 3. The van der Waals surface area contributed by atoms with Gasteiger partial charge in [-0.3, -0.25) is 14.4 Å². The molecule has 0 radical (unpaired) electrons. The molecule has 0 aliphatic carbocycles. The van der Waals surface area contributed by atoms with Gasteiger partial charge in [-0.2, -0.15) is 26.3 Å². The predicted molar refractivity (Wildman–Crippen MR) is 181 cm³/mol. The van der Waals surface area contributed by atoms with E-state index in [1.807, 2.05) is 4.90 Å². The molecule has 278 valence electrons. The highest BCUT2D eigenvalue weighted by Gasteiger charge is 2.35. The molecule has 3 aromatic carbocycles. The molecule has 5 rings (SSSR count). The van der Waals surface area contributed by atoms with Gasteiger partial charge in [0.25, 0.3) is 11.8 Å². The fourth-order valence-corrected chi connectivity index (χ4v) is 6.78. The zero-order chi connectivity index (χ0) is 38.2. The Kier molecular flexibility index (Phi) is 10.8. The lowest BCUT2D eigenvalue weighted by Gasteiger charge is -2.34. The number of methoxy groups -OCH3 is 1. The number of benzene rings is 3. The highest BCUT2D eigenvalue weighted by molar-refractivity contribution is 7.21. The molecule has 4 aromatic rings. The van der Waals surface area contributed by atoms with E-state index in [2.05, 4.69) is 16.0 Å². The van der Waals surface area contributed by atoms with Crippen molar-refractivity contribution in [2.75, 3.05) is 42.3 Å². The van der Waals surface area contributed by atoms with Crippen molar-refractivity contribution in [2.24, 2.45) is 5.92 Å². The van der Waals surface area contributed by atoms with Crippen molar-refractivity contribution in [2.45, 2.75) is 44.6 Å². The third-order valence-corrected chi connectivity index (χ3v) is 9.42. The minimum atomic E-state index is -5.08. The SMILES string of the molecule is COc1ccc(N2CCCC(C(=O)NCC(C)(C)O)C2)cc1C(=O)Nc1c(C(=O)Nc2ccc(F)c(C(F)(F)F)c2)sc2cc(C(F)(F)F)ccc12. The van der Waals surface area contributed by atoms with Gasteiger partial charge in [0.05, 0.1) is 41.0 Å². The van der Waals surface area contributed by atoms with Crippen LogP contribution in [0.25, 0.3) is 10.1 Å². The van der Waals surface area contributed by atoms with E-state index in [0.29, 0.717) is 55.1 Å². The van der Waals surface area contributed by atoms with E-state index in [1.54, 1.807) is 19.9 Å². The van der Waals surface area contributed by atoms with Crippen LogP contribution in [0.5, 0.6) is 5.75 Å².